The second kappa shape index (κ2) is 7.97. The Kier molecular flexibility index (Phi) is 5.00. The van der Waals surface area contributed by atoms with Gasteiger partial charge in [0.15, 0.2) is 11.5 Å². The molecule has 0 atom stereocenters. The van der Waals surface area contributed by atoms with Crippen LogP contribution in [0.15, 0.2) is 42.7 Å². The molecule has 1 aromatic carbocycles. The number of fused-ring (bicyclic) bond motifs is 1. The molecule has 31 heavy (non-hydrogen) atoms. The van der Waals surface area contributed by atoms with Gasteiger partial charge in [-0.15, -0.1) is 0 Å². The highest BCUT2D eigenvalue weighted by atomic mass is 35.5. The van der Waals surface area contributed by atoms with Gasteiger partial charge in [-0.2, -0.15) is 10.4 Å². The fourth-order valence-electron chi connectivity index (χ4n) is 4.08. The molecule has 154 valence electrons. The predicted octanol–water partition coefficient (Wildman–Crippen LogP) is 4.97. The fourth-order valence-corrected chi connectivity index (χ4v) is 4.36. The van der Waals surface area contributed by atoms with E-state index < -0.39 is 0 Å². The molecule has 0 amide bonds. The van der Waals surface area contributed by atoms with Crippen LogP contribution in [0.4, 0.5) is 5.82 Å². The normalized spacial score (nSPS) is 14.1. The van der Waals surface area contributed by atoms with Crippen molar-refractivity contribution in [3.05, 3.63) is 53.4 Å². The molecule has 7 nitrogen and oxygen atoms in total. The van der Waals surface area contributed by atoms with Crippen LogP contribution in [0.5, 0.6) is 0 Å². The first-order chi connectivity index (χ1) is 15.1. The lowest BCUT2D eigenvalue weighted by atomic mass is 10.0. The number of anilines is 1. The van der Waals surface area contributed by atoms with Crippen LogP contribution in [0.3, 0.4) is 0 Å². The largest absolute Gasteiger partial charge is 0.365 e. The van der Waals surface area contributed by atoms with Crippen LogP contribution in [0.25, 0.3) is 33.5 Å². The minimum absolute atomic E-state index is 0.268. The van der Waals surface area contributed by atoms with Crippen LogP contribution in [-0.4, -0.2) is 30.8 Å². The van der Waals surface area contributed by atoms with E-state index in [-0.39, 0.29) is 5.69 Å². The summed E-state index contributed by atoms with van der Waals surface area (Å²) in [6, 6.07) is 12.0. The number of aromatic nitrogens is 5. The number of hydrogen-bond acceptors (Lipinski definition) is 6. The lowest BCUT2D eigenvalue weighted by Crippen LogP contribution is -2.17. The zero-order chi connectivity index (χ0) is 21.4. The molecule has 3 heterocycles. The van der Waals surface area contributed by atoms with E-state index in [2.05, 4.69) is 21.5 Å². The maximum Gasteiger partial charge on any atom is 0.183 e. The van der Waals surface area contributed by atoms with Crippen molar-refractivity contribution in [3.8, 4) is 28.7 Å². The number of aryl methyl sites for hydroxylation is 1. The molecule has 0 spiro atoms. The summed E-state index contributed by atoms with van der Waals surface area (Å²) in [6.45, 7) is 0. The zero-order valence-corrected chi connectivity index (χ0v) is 17.8. The number of hydrogen-bond donors (Lipinski definition) is 1. The molecule has 0 bridgehead atoms. The highest BCUT2D eigenvalue weighted by Crippen LogP contribution is 2.35. The van der Waals surface area contributed by atoms with Gasteiger partial charge in [-0.1, -0.05) is 30.5 Å². The van der Waals surface area contributed by atoms with Gasteiger partial charge in [-0.3, -0.25) is 9.67 Å². The quantitative estimate of drug-likeness (QED) is 0.492. The highest BCUT2D eigenvalue weighted by Gasteiger charge is 2.22. The van der Waals surface area contributed by atoms with Crippen molar-refractivity contribution in [1.29, 1.82) is 5.26 Å². The van der Waals surface area contributed by atoms with Gasteiger partial charge in [0.2, 0.25) is 0 Å². The third-order valence-electron chi connectivity index (χ3n) is 5.59. The molecular formula is C23H20ClN7. The molecule has 1 fully saturated rings. The Morgan fingerprint density at radius 2 is 2.00 bits per heavy atom. The zero-order valence-electron chi connectivity index (χ0n) is 17.0. The van der Waals surface area contributed by atoms with Gasteiger partial charge in [0, 0.05) is 36.4 Å². The number of benzene rings is 1. The van der Waals surface area contributed by atoms with Crippen LogP contribution in [0, 0.1) is 11.3 Å². The Balaban J connectivity index is 1.71. The number of rotatable bonds is 4. The van der Waals surface area contributed by atoms with E-state index in [0.717, 1.165) is 29.3 Å². The third kappa shape index (κ3) is 3.71. The van der Waals surface area contributed by atoms with Crippen LogP contribution < -0.4 is 5.32 Å². The van der Waals surface area contributed by atoms with Crippen molar-refractivity contribution in [2.24, 2.45) is 7.05 Å². The Bertz CT molecular complexity index is 1320. The lowest BCUT2D eigenvalue weighted by Gasteiger charge is -2.16. The summed E-state index contributed by atoms with van der Waals surface area (Å²) in [5.41, 5.74) is 3.62. The van der Waals surface area contributed by atoms with Gasteiger partial charge < -0.3 is 5.32 Å². The van der Waals surface area contributed by atoms with Crippen molar-refractivity contribution >= 4 is 28.3 Å². The summed E-state index contributed by atoms with van der Waals surface area (Å²) < 4.78 is 1.72. The Morgan fingerprint density at radius 1 is 1.16 bits per heavy atom. The Labute approximate surface area is 184 Å². The summed E-state index contributed by atoms with van der Waals surface area (Å²) in [6.07, 6.45) is 8.08. The first kappa shape index (κ1) is 19.5. The molecule has 0 aliphatic heterocycles. The van der Waals surface area contributed by atoms with E-state index >= 15 is 0 Å². The number of pyridine rings is 1. The Hall–Kier alpha value is -3.50. The van der Waals surface area contributed by atoms with Crippen LogP contribution in [-0.2, 0) is 7.05 Å². The third-order valence-corrected chi connectivity index (χ3v) is 5.87. The van der Waals surface area contributed by atoms with Gasteiger partial charge in [-0.25, -0.2) is 9.97 Å². The molecule has 0 unspecified atom stereocenters. The molecule has 0 radical (unpaired) electrons. The van der Waals surface area contributed by atoms with E-state index in [1.807, 2.05) is 43.6 Å². The minimum Gasteiger partial charge on any atom is -0.365 e. The van der Waals surface area contributed by atoms with E-state index in [0.29, 0.717) is 34.0 Å². The van der Waals surface area contributed by atoms with E-state index in [1.165, 1.54) is 12.8 Å². The van der Waals surface area contributed by atoms with Gasteiger partial charge in [0.05, 0.1) is 10.5 Å². The topological polar surface area (TPSA) is 92.3 Å². The first-order valence-corrected chi connectivity index (χ1v) is 10.6. The van der Waals surface area contributed by atoms with Gasteiger partial charge in [0.25, 0.3) is 0 Å². The standard InChI is InChI=1S/C23H20ClN7/c1-31-10-8-18(30-31)22-21(15-11-14-5-4-9-26-20(14)17(24)12-15)28-19(13-25)23(29-22)27-16-6-2-3-7-16/h4-5,8-12,16H,2-3,6-7H2,1H3,(H,27,29). The summed E-state index contributed by atoms with van der Waals surface area (Å²) >= 11 is 6.53. The molecule has 8 heteroatoms. The highest BCUT2D eigenvalue weighted by molar-refractivity contribution is 6.35. The minimum atomic E-state index is 0.268. The van der Waals surface area contributed by atoms with Gasteiger partial charge in [-0.05, 0) is 37.1 Å². The maximum absolute atomic E-state index is 9.81. The first-order valence-electron chi connectivity index (χ1n) is 10.3. The SMILES string of the molecule is Cn1ccc(-c2nc(NC3CCCC3)c(C#N)nc2-c2cc(Cl)c3ncccc3c2)n1. The summed E-state index contributed by atoms with van der Waals surface area (Å²) in [7, 11) is 1.86. The molecule has 1 aliphatic carbocycles. The second-order valence-electron chi connectivity index (χ2n) is 7.76. The van der Waals surface area contributed by atoms with Crippen LogP contribution in [0.1, 0.15) is 31.4 Å². The number of halogens is 1. The van der Waals surface area contributed by atoms with Crippen molar-refractivity contribution in [3.63, 3.8) is 0 Å². The molecule has 5 rings (SSSR count). The molecule has 3 aromatic heterocycles. The number of nitrogens with zero attached hydrogens (tertiary/aromatic N) is 6. The van der Waals surface area contributed by atoms with Crippen molar-refractivity contribution < 1.29 is 0 Å². The predicted molar refractivity (Wildman–Crippen MR) is 121 cm³/mol. The molecule has 1 saturated carbocycles. The fraction of sp³-hybridized carbons (Fsp3) is 0.261. The summed E-state index contributed by atoms with van der Waals surface area (Å²) in [4.78, 5) is 13.9. The van der Waals surface area contributed by atoms with Crippen molar-refractivity contribution in [1.82, 2.24) is 24.7 Å². The van der Waals surface area contributed by atoms with E-state index in [9.17, 15) is 5.26 Å². The Morgan fingerprint density at radius 3 is 2.74 bits per heavy atom. The van der Waals surface area contributed by atoms with Crippen molar-refractivity contribution in [2.45, 2.75) is 31.7 Å². The van der Waals surface area contributed by atoms with Crippen LogP contribution in [0.2, 0.25) is 5.02 Å². The second-order valence-corrected chi connectivity index (χ2v) is 8.17. The van der Waals surface area contributed by atoms with Gasteiger partial charge in [0.1, 0.15) is 23.2 Å². The maximum atomic E-state index is 9.81. The van der Waals surface area contributed by atoms with Crippen LogP contribution >= 0.6 is 11.6 Å². The molecule has 0 saturated heterocycles. The molecule has 1 N–H and O–H groups in total. The molecular weight excluding hydrogens is 410 g/mol. The lowest BCUT2D eigenvalue weighted by molar-refractivity contribution is 0.748. The van der Waals surface area contributed by atoms with Gasteiger partial charge >= 0.3 is 0 Å². The average molecular weight is 430 g/mol. The van der Waals surface area contributed by atoms with E-state index in [4.69, 9.17) is 21.6 Å². The molecule has 4 aromatic rings. The van der Waals surface area contributed by atoms with E-state index in [1.54, 1.807) is 10.9 Å². The number of nitriles is 1. The monoisotopic (exact) mass is 429 g/mol. The summed E-state index contributed by atoms with van der Waals surface area (Å²) in [5.74, 6) is 0.507. The number of nitrogens with one attached hydrogen (secondary N) is 1. The average Bonchev–Trinajstić information content (AvgIpc) is 3.45. The molecule has 1 aliphatic rings. The van der Waals surface area contributed by atoms with Crippen molar-refractivity contribution in [2.75, 3.05) is 5.32 Å². The summed E-state index contributed by atoms with van der Waals surface area (Å²) in [5, 5.41) is 19.2. The smallest absolute Gasteiger partial charge is 0.183 e.